The van der Waals surface area contributed by atoms with Crippen LogP contribution < -0.4 is 5.56 Å². The summed E-state index contributed by atoms with van der Waals surface area (Å²) in [5.41, 5.74) is 2.23. The molecule has 5 heteroatoms. The second-order valence-corrected chi connectivity index (χ2v) is 5.37. The molecule has 0 saturated heterocycles. The van der Waals surface area contributed by atoms with E-state index in [4.69, 9.17) is 11.6 Å². The van der Waals surface area contributed by atoms with E-state index in [-0.39, 0.29) is 16.4 Å². The summed E-state index contributed by atoms with van der Waals surface area (Å²) in [7, 11) is 0. The van der Waals surface area contributed by atoms with Crippen molar-refractivity contribution in [2.24, 2.45) is 0 Å². The Morgan fingerprint density at radius 1 is 1.27 bits per heavy atom. The first kappa shape index (κ1) is 14.5. The number of fused-ring (bicyclic) bond motifs is 1. The van der Waals surface area contributed by atoms with Crippen molar-refractivity contribution in [1.29, 1.82) is 0 Å². The third-order valence-corrected chi connectivity index (χ3v) is 3.50. The van der Waals surface area contributed by atoms with E-state index >= 15 is 0 Å². The molecule has 0 N–H and O–H groups in total. The third kappa shape index (κ3) is 2.92. The van der Waals surface area contributed by atoms with Crippen molar-refractivity contribution in [2.75, 3.05) is 0 Å². The van der Waals surface area contributed by atoms with Gasteiger partial charge in [-0.3, -0.25) is 9.20 Å². The molecule has 0 unspecified atom stereocenters. The normalized spacial score (nSPS) is 11.9. The van der Waals surface area contributed by atoms with E-state index in [2.05, 4.69) is 4.98 Å². The fourth-order valence-electron chi connectivity index (χ4n) is 2.15. The molecule has 3 nitrogen and oxygen atoms in total. The molecule has 22 heavy (non-hydrogen) atoms. The molecule has 0 atom stereocenters. The largest absolute Gasteiger partial charge is 0.269 e. The molecule has 3 rings (SSSR count). The van der Waals surface area contributed by atoms with Crippen molar-refractivity contribution >= 4 is 28.4 Å². The highest BCUT2D eigenvalue weighted by Crippen LogP contribution is 2.20. The molecule has 0 aliphatic heterocycles. The molecule has 110 valence electrons. The molecule has 0 aliphatic rings. The van der Waals surface area contributed by atoms with Crippen LogP contribution in [0.15, 0.2) is 53.5 Å². The third-order valence-electron chi connectivity index (χ3n) is 3.19. The summed E-state index contributed by atoms with van der Waals surface area (Å²) in [6.45, 7) is 1.90. The zero-order chi connectivity index (χ0) is 15.7. The van der Waals surface area contributed by atoms with Gasteiger partial charge in [-0.15, -0.1) is 0 Å². The van der Waals surface area contributed by atoms with Crippen molar-refractivity contribution in [3.05, 3.63) is 81.7 Å². The SMILES string of the molecule is Cc1ccc2nc(/C(Cl)=C/c3cccc(F)c3)cc(=O)n2c1. The Bertz CT molecular complexity index is 947. The van der Waals surface area contributed by atoms with Gasteiger partial charge in [-0.1, -0.05) is 29.8 Å². The van der Waals surface area contributed by atoms with E-state index in [1.165, 1.54) is 22.6 Å². The van der Waals surface area contributed by atoms with Crippen LogP contribution in [0.2, 0.25) is 0 Å². The summed E-state index contributed by atoms with van der Waals surface area (Å²) in [4.78, 5) is 16.5. The second-order valence-electron chi connectivity index (χ2n) is 4.96. The molecular formula is C17H12ClFN2O. The van der Waals surface area contributed by atoms with Gasteiger partial charge in [-0.25, -0.2) is 9.37 Å². The molecule has 2 aromatic heterocycles. The Morgan fingerprint density at radius 2 is 2.09 bits per heavy atom. The quantitative estimate of drug-likeness (QED) is 0.719. The van der Waals surface area contributed by atoms with E-state index in [1.807, 2.05) is 13.0 Å². The van der Waals surface area contributed by atoms with Crippen LogP contribution in [-0.4, -0.2) is 9.38 Å². The van der Waals surface area contributed by atoms with Crippen LogP contribution in [0.1, 0.15) is 16.8 Å². The van der Waals surface area contributed by atoms with Crippen molar-refractivity contribution in [1.82, 2.24) is 9.38 Å². The van der Waals surface area contributed by atoms with Crippen LogP contribution in [0, 0.1) is 12.7 Å². The van der Waals surface area contributed by atoms with Gasteiger partial charge in [0.1, 0.15) is 11.5 Å². The zero-order valence-corrected chi connectivity index (χ0v) is 12.5. The van der Waals surface area contributed by atoms with E-state index in [1.54, 1.807) is 30.5 Å². The first-order valence-electron chi connectivity index (χ1n) is 6.66. The van der Waals surface area contributed by atoms with Crippen molar-refractivity contribution in [3.8, 4) is 0 Å². The molecule has 0 saturated carbocycles. The summed E-state index contributed by atoms with van der Waals surface area (Å²) in [6, 6.07) is 11.0. The lowest BCUT2D eigenvalue weighted by atomic mass is 10.2. The average molecular weight is 315 g/mol. The number of aromatic nitrogens is 2. The number of benzene rings is 1. The molecule has 0 fully saturated rings. The van der Waals surface area contributed by atoms with Crippen LogP contribution in [0.5, 0.6) is 0 Å². The molecule has 0 bridgehead atoms. The van der Waals surface area contributed by atoms with Gasteiger partial charge < -0.3 is 0 Å². The van der Waals surface area contributed by atoms with Crippen LogP contribution in [-0.2, 0) is 0 Å². The first-order valence-corrected chi connectivity index (χ1v) is 7.04. The summed E-state index contributed by atoms with van der Waals surface area (Å²) in [5.74, 6) is -0.347. The maximum Gasteiger partial charge on any atom is 0.258 e. The van der Waals surface area contributed by atoms with Crippen molar-refractivity contribution in [3.63, 3.8) is 0 Å². The van der Waals surface area contributed by atoms with Crippen LogP contribution >= 0.6 is 11.6 Å². The Balaban J connectivity index is 2.10. The highest BCUT2D eigenvalue weighted by molar-refractivity contribution is 6.51. The number of halogens is 2. The zero-order valence-electron chi connectivity index (χ0n) is 11.8. The average Bonchev–Trinajstić information content (AvgIpc) is 2.48. The molecule has 0 amide bonds. The van der Waals surface area contributed by atoms with Gasteiger partial charge in [0.15, 0.2) is 0 Å². The van der Waals surface area contributed by atoms with E-state index < -0.39 is 0 Å². The topological polar surface area (TPSA) is 34.4 Å². The molecule has 0 radical (unpaired) electrons. The molecule has 1 aromatic carbocycles. The van der Waals surface area contributed by atoms with E-state index in [0.717, 1.165) is 5.56 Å². The predicted octanol–water partition coefficient (Wildman–Crippen LogP) is 3.88. The number of hydrogen-bond donors (Lipinski definition) is 0. The predicted molar refractivity (Wildman–Crippen MR) is 86.3 cm³/mol. The number of hydrogen-bond acceptors (Lipinski definition) is 2. The smallest absolute Gasteiger partial charge is 0.258 e. The summed E-state index contributed by atoms with van der Waals surface area (Å²) in [6.07, 6.45) is 3.30. The van der Waals surface area contributed by atoms with Crippen LogP contribution in [0.3, 0.4) is 0 Å². The van der Waals surface area contributed by atoms with Gasteiger partial charge >= 0.3 is 0 Å². The van der Waals surface area contributed by atoms with Crippen LogP contribution in [0.4, 0.5) is 4.39 Å². The van der Waals surface area contributed by atoms with Gasteiger partial charge in [0.2, 0.25) is 0 Å². The summed E-state index contributed by atoms with van der Waals surface area (Å²) in [5, 5.41) is 0.283. The lowest BCUT2D eigenvalue weighted by molar-refractivity contribution is 0.627. The van der Waals surface area contributed by atoms with Crippen LogP contribution in [0.25, 0.3) is 16.8 Å². The monoisotopic (exact) mass is 314 g/mol. The van der Waals surface area contributed by atoms with Gasteiger partial charge in [-0.2, -0.15) is 0 Å². The minimum absolute atomic E-state index is 0.213. The lowest BCUT2D eigenvalue weighted by Crippen LogP contribution is -2.15. The number of rotatable bonds is 2. The minimum Gasteiger partial charge on any atom is -0.269 e. The van der Waals surface area contributed by atoms with E-state index in [0.29, 0.717) is 16.9 Å². The standard InChI is InChI=1S/C17H12ClFN2O/c1-11-5-6-16-20-15(9-17(22)21(16)10-11)14(18)8-12-3-2-4-13(19)7-12/h2-10H,1H3/b14-8-. The van der Waals surface area contributed by atoms with E-state index in [9.17, 15) is 9.18 Å². The van der Waals surface area contributed by atoms with Crippen molar-refractivity contribution in [2.45, 2.75) is 6.92 Å². The van der Waals surface area contributed by atoms with Gasteiger partial charge in [0, 0.05) is 12.3 Å². The summed E-state index contributed by atoms with van der Waals surface area (Å²) < 4.78 is 14.7. The Morgan fingerprint density at radius 3 is 2.86 bits per heavy atom. The summed E-state index contributed by atoms with van der Waals surface area (Å²) >= 11 is 6.22. The number of nitrogens with zero attached hydrogens (tertiary/aromatic N) is 2. The maximum atomic E-state index is 13.2. The van der Waals surface area contributed by atoms with Gasteiger partial charge in [-0.05, 0) is 42.3 Å². The van der Waals surface area contributed by atoms with Gasteiger partial charge in [0.25, 0.3) is 5.56 Å². The number of pyridine rings is 1. The Labute approximate surface area is 131 Å². The molecule has 3 aromatic rings. The highest BCUT2D eigenvalue weighted by atomic mass is 35.5. The molecule has 2 heterocycles. The maximum absolute atomic E-state index is 13.2. The lowest BCUT2D eigenvalue weighted by Gasteiger charge is -2.04. The van der Waals surface area contributed by atoms with Gasteiger partial charge in [0.05, 0.1) is 10.7 Å². The molecule has 0 spiro atoms. The highest BCUT2D eigenvalue weighted by Gasteiger charge is 2.06. The first-order chi connectivity index (χ1) is 10.5. The van der Waals surface area contributed by atoms with Crippen molar-refractivity contribution < 1.29 is 4.39 Å². The number of aryl methyl sites for hydroxylation is 1. The fraction of sp³-hybridized carbons (Fsp3) is 0.0588. The molecule has 0 aliphatic carbocycles. The fourth-order valence-corrected chi connectivity index (χ4v) is 2.37. The minimum atomic E-state index is -0.347. The Kier molecular flexibility index (Phi) is 3.77. The Hall–Kier alpha value is -2.46. The molecular weight excluding hydrogens is 303 g/mol. The second kappa shape index (κ2) is 5.73.